The Morgan fingerprint density at radius 2 is 1.94 bits per heavy atom. The second kappa shape index (κ2) is 8.80. The van der Waals surface area contributed by atoms with Crippen molar-refractivity contribution in [3.05, 3.63) is 40.5 Å². The highest BCUT2D eigenvalue weighted by atomic mass is 35.5. The number of carbonyl (C=O) groups is 2. The average molecular weight is 465 g/mol. The van der Waals surface area contributed by atoms with Gasteiger partial charge in [-0.1, -0.05) is 30.7 Å². The molecule has 0 radical (unpaired) electrons. The molecule has 0 spiro atoms. The molecule has 2 unspecified atom stereocenters. The van der Waals surface area contributed by atoms with Crippen LogP contribution in [-0.4, -0.2) is 50.4 Å². The Bertz CT molecular complexity index is 1120. The van der Waals surface area contributed by atoms with E-state index in [2.05, 4.69) is 9.97 Å². The Hall–Kier alpha value is -2.72. The highest BCUT2D eigenvalue weighted by Crippen LogP contribution is 2.42. The number of nitrogens with two attached hydrogens (primary N) is 1. The molecule has 1 aromatic carbocycles. The predicted octanol–water partition coefficient (Wildman–Crippen LogP) is 3.27. The summed E-state index contributed by atoms with van der Waals surface area (Å²) in [5, 5.41) is 0.350. The molecule has 166 valence electrons. The van der Waals surface area contributed by atoms with Gasteiger partial charge in [0.25, 0.3) is 0 Å². The lowest BCUT2D eigenvalue weighted by molar-refractivity contribution is -0.118. The van der Waals surface area contributed by atoms with Gasteiger partial charge in [-0.15, -0.1) is 0 Å². The van der Waals surface area contributed by atoms with Crippen LogP contribution in [0.1, 0.15) is 37.4 Å². The largest absolute Gasteiger partial charge is 0.382 e. The zero-order chi connectivity index (χ0) is 22.9. The Labute approximate surface area is 186 Å². The lowest BCUT2D eigenvalue weighted by Gasteiger charge is -2.23. The molecule has 2 aromatic rings. The van der Waals surface area contributed by atoms with Crippen molar-refractivity contribution in [2.45, 2.75) is 37.8 Å². The standard InChI is InChI=1S/C20H25ClN6O3S/c1-4-10-31(23,30)19-24-15-14(11-12-6-8-13(21)9-7-12)18(28)27(16(15)17(22)25-19)20(29)26(3)5-2/h6-9,14,23H,4-5,10-11H2,1-3H3,(H2,22,24,25). The summed E-state index contributed by atoms with van der Waals surface area (Å²) in [4.78, 5) is 37.1. The van der Waals surface area contributed by atoms with Crippen LogP contribution in [0.3, 0.4) is 0 Å². The highest BCUT2D eigenvalue weighted by molar-refractivity contribution is 7.92. The first-order chi connectivity index (χ1) is 14.6. The fourth-order valence-electron chi connectivity index (χ4n) is 3.39. The lowest BCUT2D eigenvalue weighted by Crippen LogP contribution is -2.44. The van der Waals surface area contributed by atoms with E-state index >= 15 is 0 Å². The number of imide groups is 1. The maximum atomic E-state index is 13.3. The van der Waals surface area contributed by atoms with Crippen LogP contribution in [0, 0.1) is 4.78 Å². The number of carbonyl (C=O) groups excluding carboxylic acids is 2. The first kappa shape index (κ1) is 23.0. The van der Waals surface area contributed by atoms with Crippen molar-refractivity contribution < 1.29 is 13.8 Å². The number of halogens is 1. The minimum absolute atomic E-state index is 0.0717. The summed E-state index contributed by atoms with van der Waals surface area (Å²) in [6, 6.07) is 6.45. The number of aromatic nitrogens is 2. The maximum absolute atomic E-state index is 13.3. The van der Waals surface area contributed by atoms with Gasteiger partial charge in [0.2, 0.25) is 11.1 Å². The molecule has 1 aromatic heterocycles. The maximum Gasteiger partial charge on any atom is 0.331 e. The summed E-state index contributed by atoms with van der Waals surface area (Å²) in [5.41, 5.74) is 7.26. The van der Waals surface area contributed by atoms with Crippen LogP contribution < -0.4 is 10.6 Å². The number of nitrogen functional groups attached to an aromatic ring is 1. The molecule has 0 saturated heterocycles. The van der Waals surface area contributed by atoms with Crippen LogP contribution in [0.15, 0.2) is 29.4 Å². The van der Waals surface area contributed by atoms with Gasteiger partial charge in [0, 0.05) is 24.4 Å². The van der Waals surface area contributed by atoms with Gasteiger partial charge >= 0.3 is 6.03 Å². The van der Waals surface area contributed by atoms with Crippen LogP contribution in [0.4, 0.5) is 16.3 Å². The second-order valence-electron chi connectivity index (χ2n) is 7.36. The van der Waals surface area contributed by atoms with Gasteiger partial charge in [0.05, 0.1) is 11.6 Å². The van der Waals surface area contributed by atoms with Crippen molar-refractivity contribution in [3.8, 4) is 0 Å². The third kappa shape index (κ3) is 4.35. The molecule has 0 saturated carbocycles. The van der Waals surface area contributed by atoms with E-state index in [1.165, 1.54) is 4.90 Å². The first-order valence-electron chi connectivity index (χ1n) is 9.88. The van der Waals surface area contributed by atoms with Crippen LogP contribution in [0.2, 0.25) is 5.02 Å². The highest BCUT2D eigenvalue weighted by Gasteiger charge is 2.45. The number of urea groups is 1. The molecule has 9 nitrogen and oxygen atoms in total. The fourth-order valence-corrected chi connectivity index (χ4v) is 4.76. The van der Waals surface area contributed by atoms with Crippen molar-refractivity contribution in [3.63, 3.8) is 0 Å². The van der Waals surface area contributed by atoms with E-state index in [1.807, 2.05) is 0 Å². The van der Waals surface area contributed by atoms with Gasteiger partial charge in [-0.05, 0) is 37.5 Å². The molecule has 3 rings (SSSR count). The summed E-state index contributed by atoms with van der Waals surface area (Å²) < 4.78 is 21.0. The Morgan fingerprint density at radius 3 is 2.52 bits per heavy atom. The molecule has 0 aliphatic carbocycles. The van der Waals surface area contributed by atoms with E-state index in [1.54, 1.807) is 45.2 Å². The molecule has 11 heteroatoms. The summed E-state index contributed by atoms with van der Waals surface area (Å²) in [5.74, 6) is -1.38. The van der Waals surface area contributed by atoms with Gasteiger partial charge < -0.3 is 10.6 Å². The molecule has 2 heterocycles. The molecular formula is C20H25ClN6O3S. The van der Waals surface area contributed by atoms with E-state index in [-0.39, 0.29) is 34.5 Å². The van der Waals surface area contributed by atoms with Crippen molar-refractivity contribution in [1.29, 1.82) is 4.78 Å². The van der Waals surface area contributed by atoms with Crippen LogP contribution in [-0.2, 0) is 20.9 Å². The summed E-state index contributed by atoms with van der Waals surface area (Å²) in [7, 11) is -1.70. The van der Waals surface area contributed by atoms with Gasteiger partial charge in [0.1, 0.15) is 15.4 Å². The van der Waals surface area contributed by atoms with Gasteiger partial charge in [-0.2, -0.15) is 0 Å². The Balaban J connectivity index is 2.15. The fraction of sp³-hybridized carbons (Fsp3) is 0.400. The summed E-state index contributed by atoms with van der Waals surface area (Å²) in [6.07, 6.45) is 0.743. The van der Waals surface area contributed by atoms with Gasteiger partial charge in [-0.25, -0.2) is 28.7 Å². The molecule has 0 fully saturated rings. The molecular weight excluding hydrogens is 440 g/mol. The van der Waals surface area contributed by atoms with Gasteiger partial charge in [0.15, 0.2) is 5.82 Å². The number of fused-ring (bicyclic) bond motifs is 1. The molecule has 0 bridgehead atoms. The normalized spacial score (nSPS) is 17.4. The number of rotatable bonds is 6. The minimum atomic E-state index is -3.28. The van der Waals surface area contributed by atoms with Crippen LogP contribution in [0.5, 0.6) is 0 Å². The lowest BCUT2D eigenvalue weighted by atomic mass is 9.97. The quantitative estimate of drug-likeness (QED) is 0.630. The number of benzene rings is 1. The first-order valence-corrected chi connectivity index (χ1v) is 12.0. The molecule has 3 N–H and O–H groups in total. The average Bonchev–Trinajstić information content (AvgIpc) is 3.00. The molecule has 1 aliphatic rings. The summed E-state index contributed by atoms with van der Waals surface area (Å²) >= 11 is 5.96. The number of hydrogen-bond acceptors (Lipinski definition) is 7. The topological polar surface area (TPSA) is 133 Å². The van der Waals surface area contributed by atoms with Crippen molar-refractivity contribution in [2.75, 3.05) is 30.0 Å². The van der Waals surface area contributed by atoms with Gasteiger partial charge in [-0.3, -0.25) is 4.79 Å². The van der Waals surface area contributed by atoms with Crippen molar-refractivity contribution in [2.24, 2.45) is 0 Å². The molecule has 31 heavy (non-hydrogen) atoms. The minimum Gasteiger partial charge on any atom is -0.382 e. The van der Waals surface area contributed by atoms with Crippen molar-refractivity contribution in [1.82, 2.24) is 14.9 Å². The third-order valence-corrected chi connectivity index (χ3v) is 7.13. The number of hydrogen-bond donors (Lipinski definition) is 2. The SMILES string of the molecule is CCCS(=N)(=O)c1nc(N)c2c(n1)C(Cc1ccc(Cl)cc1)C(=O)N2C(=O)N(C)CC. The summed E-state index contributed by atoms with van der Waals surface area (Å²) in [6.45, 7) is 3.97. The molecule has 2 atom stereocenters. The number of nitrogens with one attached hydrogen (secondary N) is 1. The number of anilines is 2. The number of amides is 3. The van der Waals surface area contributed by atoms with Crippen LogP contribution >= 0.6 is 11.6 Å². The second-order valence-corrected chi connectivity index (χ2v) is 9.92. The predicted molar refractivity (Wildman–Crippen MR) is 120 cm³/mol. The van der Waals surface area contributed by atoms with E-state index in [4.69, 9.17) is 22.1 Å². The van der Waals surface area contributed by atoms with E-state index in [0.717, 1.165) is 10.5 Å². The Kier molecular flexibility index (Phi) is 6.51. The smallest absolute Gasteiger partial charge is 0.331 e. The zero-order valence-electron chi connectivity index (χ0n) is 17.6. The van der Waals surface area contributed by atoms with Crippen LogP contribution in [0.25, 0.3) is 0 Å². The Morgan fingerprint density at radius 1 is 1.29 bits per heavy atom. The van der Waals surface area contributed by atoms with E-state index in [9.17, 15) is 13.8 Å². The number of nitrogens with zero attached hydrogens (tertiary/aromatic N) is 4. The molecule has 1 aliphatic heterocycles. The molecule has 3 amide bonds. The van der Waals surface area contributed by atoms with Crippen molar-refractivity contribution >= 4 is 44.8 Å². The monoisotopic (exact) mass is 464 g/mol. The third-order valence-electron chi connectivity index (χ3n) is 5.12. The zero-order valence-corrected chi connectivity index (χ0v) is 19.2. The van der Waals surface area contributed by atoms with E-state index in [0.29, 0.717) is 18.0 Å². The van der Waals surface area contributed by atoms with E-state index < -0.39 is 27.6 Å².